The van der Waals surface area contributed by atoms with Crippen LogP contribution in [0.15, 0.2) is 24.3 Å². The van der Waals surface area contributed by atoms with E-state index in [1.165, 1.54) is 50.5 Å². The molecule has 0 saturated heterocycles. The zero-order valence-corrected chi connectivity index (χ0v) is 13.0. The highest BCUT2D eigenvalue weighted by Gasteiger charge is 2.22. The van der Waals surface area contributed by atoms with Crippen LogP contribution in [0.4, 0.5) is 0 Å². The van der Waals surface area contributed by atoms with Crippen molar-refractivity contribution in [1.29, 1.82) is 0 Å². The molecular formula is C18H29NO. The van der Waals surface area contributed by atoms with Gasteiger partial charge in [-0.2, -0.15) is 0 Å². The van der Waals surface area contributed by atoms with Crippen LogP contribution < -0.4 is 10.1 Å². The summed E-state index contributed by atoms with van der Waals surface area (Å²) in [4.78, 5) is 0. The third-order valence-corrected chi connectivity index (χ3v) is 4.72. The van der Waals surface area contributed by atoms with Gasteiger partial charge in [0.15, 0.2) is 0 Å². The van der Waals surface area contributed by atoms with Crippen molar-refractivity contribution >= 4 is 0 Å². The Morgan fingerprint density at radius 3 is 2.40 bits per heavy atom. The van der Waals surface area contributed by atoms with E-state index in [-0.39, 0.29) is 0 Å². The molecule has 0 aromatic heterocycles. The van der Waals surface area contributed by atoms with Gasteiger partial charge in [0.1, 0.15) is 5.75 Å². The molecule has 1 unspecified atom stereocenters. The van der Waals surface area contributed by atoms with E-state index >= 15 is 0 Å². The number of nitrogens with one attached hydrogen (secondary N) is 1. The molecule has 1 saturated carbocycles. The molecule has 2 nitrogen and oxygen atoms in total. The van der Waals surface area contributed by atoms with Crippen molar-refractivity contribution in [2.24, 2.45) is 5.92 Å². The number of hydrogen-bond donors (Lipinski definition) is 1. The molecule has 0 bridgehead atoms. The summed E-state index contributed by atoms with van der Waals surface area (Å²) < 4.78 is 5.49. The molecule has 0 heterocycles. The highest BCUT2D eigenvalue weighted by atomic mass is 16.5. The molecule has 1 aliphatic carbocycles. The average Bonchev–Trinajstić information content (AvgIpc) is 2.45. The lowest BCUT2D eigenvalue weighted by molar-refractivity contribution is 0.291. The Morgan fingerprint density at radius 1 is 1.10 bits per heavy atom. The highest BCUT2D eigenvalue weighted by molar-refractivity contribution is 5.33. The fraction of sp³-hybridized carbons (Fsp3) is 0.667. The fourth-order valence-corrected chi connectivity index (χ4v) is 3.50. The minimum Gasteiger partial charge on any atom is -0.496 e. The van der Waals surface area contributed by atoms with Gasteiger partial charge in [0.05, 0.1) is 7.11 Å². The van der Waals surface area contributed by atoms with E-state index in [2.05, 4.69) is 30.6 Å². The Kier molecular flexibility index (Phi) is 6.38. The van der Waals surface area contributed by atoms with Gasteiger partial charge in [-0.1, -0.05) is 50.3 Å². The first-order valence-electron chi connectivity index (χ1n) is 8.14. The van der Waals surface area contributed by atoms with Gasteiger partial charge in [-0.25, -0.2) is 0 Å². The molecule has 2 rings (SSSR count). The van der Waals surface area contributed by atoms with Crippen molar-refractivity contribution in [2.45, 2.75) is 57.4 Å². The van der Waals surface area contributed by atoms with Crippen LogP contribution in [0.2, 0.25) is 0 Å². The van der Waals surface area contributed by atoms with E-state index in [0.717, 1.165) is 18.1 Å². The van der Waals surface area contributed by atoms with E-state index in [1.807, 2.05) is 6.07 Å². The predicted molar refractivity (Wildman–Crippen MR) is 85.4 cm³/mol. The smallest absolute Gasteiger partial charge is 0.122 e. The topological polar surface area (TPSA) is 21.3 Å². The Bertz CT molecular complexity index is 383. The lowest BCUT2D eigenvalue weighted by atomic mass is 9.83. The third-order valence-electron chi connectivity index (χ3n) is 4.72. The van der Waals surface area contributed by atoms with Crippen LogP contribution in [-0.4, -0.2) is 20.2 Å². The van der Waals surface area contributed by atoms with Gasteiger partial charge < -0.3 is 10.1 Å². The Labute approximate surface area is 123 Å². The van der Waals surface area contributed by atoms with Crippen molar-refractivity contribution in [1.82, 2.24) is 5.32 Å². The van der Waals surface area contributed by atoms with Crippen LogP contribution in [0.3, 0.4) is 0 Å². The Balaban J connectivity index is 2.03. The molecule has 0 aliphatic heterocycles. The minimum absolute atomic E-state index is 0.574. The summed E-state index contributed by atoms with van der Waals surface area (Å²) in [5.41, 5.74) is 1.33. The van der Waals surface area contributed by atoms with Crippen LogP contribution in [0.25, 0.3) is 0 Å². The molecule has 1 fully saturated rings. The molecule has 0 amide bonds. The van der Waals surface area contributed by atoms with E-state index in [9.17, 15) is 0 Å². The van der Waals surface area contributed by atoms with Crippen molar-refractivity contribution in [3.63, 3.8) is 0 Å². The van der Waals surface area contributed by atoms with Gasteiger partial charge in [0, 0.05) is 6.04 Å². The first kappa shape index (κ1) is 15.4. The third kappa shape index (κ3) is 4.24. The Hall–Kier alpha value is -1.02. The monoisotopic (exact) mass is 275 g/mol. The van der Waals surface area contributed by atoms with Crippen molar-refractivity contribution in [3.8, 4) is 5.75 Å². The second-order valence-electron chi connectivity index (χ2n) is 6.02. The van der Waals surface area contributed by atoms with Crippen molar-refractivity contribution in [3.05, 3.63) is 29.8 Å². The molecule has 0 spiro atoms. The van der Waals surface area contributed by atoms with Crippen LogP contribution in [0.1, 0.15) is 50.5 Å². The van der Waals surface area contributed by atoms with E-state index in [1.54, 1.807) is 7.11 Å². The Morgan fingerprint density at radius 2 is 1.75 bits per heavy atom. The largest absolute Gasteiger partial charge is 0.496 e. The normalized spacial score (nSPS) is 19.1. The first-order valence-corrected chi connectivity index (χ1v) is 8.14. The van der Waals surface area contributed by atoms with Crippen molar-refractivity contribution < 1.29 is 4.74 Å². The average molecular weight is 275 g/mol. The lowest BCUT2D eigenvalue weighted by Crippen LogP contribution is -2.36. The van der Waals surface area contributed by atoms with E-state index < -0.39 is 0 Å². The van der Waals surface area contributed by atoms with Crippen LogP contribution in [0.5, 0.6) is 5.75 Å². The van der Waals surface area contributed by atoms with E-state index in [4.69, 9.17) is 4.74 Å². The fourth-order valence-electron chi connectivity index (χ4n) is 3.50. The molecule has 2 heteroatoms. The van der Waals surface area contributed by atoms with Gasteiger partial charge in [-0.15, -0.1) is 0 Å². The van der Waals surface area contributed by atoms with Crippen LogP contribution in [0, 0.1) is 5.92 Å². The molecular weight excluding hydrogens is 246 g/mol. The maximum atomic E-state index is 5.49. The van der Waals surface area contributed by atoms with Gasteiger partial charge in [-0.05, 0) is 43.9 Å². The summed E-state index contributed by atoms with van der Waals surface area (Å²) in [7, 11) is 3.88. The van der Waals surface area contributed by atoms with Crippen LogP contribution >= 0.6 is 0 Å². The number of benzene rings is 1. The quantitative estimate of drug-likeness (QED) is 0.870. The maximum absolute atomic E-state index is 5.49. The van der Waals surface area contributed by atoms with Gasteiger partial charge in [-0.3, -0.25) is 0 Å². The molecule has 1 aliphatic rings. The zero-order chi connectivity index (χ0) is 14.2. The molecule has 1 aromatic carbocycles. The van der Waals surface area contributed by atoms with Gasteiger partial charge in [0.25, 0.3) is 0 Å². The second-order valence-corrected chi connectivity index (χ2v) is 6.02. The number of ether oxygens (including phenoxy) is 1. The number of likely N-dealkylation sites (N-methyl/N-ethyl adjacent to an activating group) is 1. The van der Waals surface area contributed by atoms with E-state index in [0.29, 0.717) is 6.04 Å². The highest BCUT2D eigenvalue weighted by Crippen LogP contribution is 2.28. The standard InChI is InChI=1S/C18H29NO/c1-19-17(15-10-6-4-3-5-7-11-15)14-16-12-8-9-13-18(16)20-2/h8-9,12-13,15,17,19H,3-7,10-11,14H2,1-2H3. The number of para-hydroxylation sites is 1. The molecule has 20 heavy (non-hydrogen) atoms. The summed E-state index contributed by atoms with van der Waals surface area (Å²) in [6.07, 6.45) is 10.9. The number of methoxy groups -OCH3 is 1. The minimum atomic E-state index is 0.574. The molecule has 112 valence electrons. The SMILES string of the molecule is CNC(Cc1ccccc1OC)C1CCCCCCC1. The summed E-state index contributed by atoms with van der Waals surface area (Å²) in [6.45, 7) is 0. The molecule has 1 N–H and O–H groups in total. The molecule has 0 radical (unpaired) electrons. The lowest BCUT2D eigenvalue weighted by Gasteiger charge is -2.29. The number of hydrogen-bond acceptors (Lipinski definition) is 2. The summed E-state index contributed by atoms with van der Waals surface area (Å²) >= 11 is 0. The second kappa shape index (κ2) is 8.31. The van der Waals surface area contributed by atoms with Gasteiger partial charge in [0.2, 0.25) is 0 Å². The van der Waals surface area contributed by atoms with Crippen LogP contribution in [-0.2, 0) is 6.42 Å². The summed E-state index contributed by atoms with van der Waals surface area (Å²) in [5, 5.41) is 3.56. The summed E-state index contributed by atoms with van der Waals surface area (Å²) in [5.74, 6) is 1.84. The van der Waals surface area contributed by atoms with Crippen molar-refractivity contribution in [2.75, 3.05) is 14.2 Å². The molecule has 1 atom stereocenters. The summed E-state index contributed by atoms with van der Waals surface area (Å²) in [6, 6.07) is 9.01. The number of rotatable bonds is 5. The maximum Gasteiger partial charge on any atom is 0.122 e. The predicted octanol–water partition coefficient (Wildman–Crippen LogP) is 4.19. The molecule has 1 aromatic rings. The first-order chi connectivity index (χ1) is 9.85. The van der Waals surface area contributed by atoms with Gasteiger partial charge >= 0.3 is 0 Å². The zero-order valence-electron chi connectivity index (χ0n) is 13.0.